The van der Waals surface area contributed by atoms with Gasteiger partial charge in [0, 0.05) is 18.6 Å². The molecule has 2 aromatic heterocycles. The summed E-state index contributed by atoms with van der Waals surface area (Å²) in [6, 6.07) is 14.7. The summed E-state index contributed by atoms with van der Waals surface area (Å²) < 4.78 is 43.5. The number of halogens is 3. The number of nitrogens with one attached hydrogen (secondary N) is 1. The summed E-state index contributed by atoms with van der Waals surface area (Å²) in [4.78, 5) is 25.3. The summed E-state index contributed by atoms with van der Waals surface area (Å²) in [5.74, 6) is -0.176. The van der Waals surface area contributed by atoms with E-state index in [2.05, 4.69) is 15.2 Å². The van der Waals surface area contributed by atoms with Gasteiger partial charge >= 0.3 is 6.36 Å². The molecule has 158 valence electrons. The van der Waals surface area contributed by atoms with Crippen molar-refractivity contribution >= 4 is 22.3 Å². The van der Waals surface area contributed by atoms with E-state index < -0.39 is 17.7 Å². The van der Waals surface area contributed by atoms with Gasteiger partial charge in [-0.3, -0.25) is 9.59 Å². The largest absolute Gasteiger partial charge is 0.573 e. The summed E-state index contributed by atoms with van der Waals surface area (Å²) in [5.41, 5.74) is -0.276. The molecule has 0 saturated heterocycles. The molecule has 2 heterocycles. The molecule has 0 bridgehead atoms. The fraction of sp³-hybridized carbons (Fsp3) is 0.0952. The second-order valence-corrected chi connectivity index (χ2v) is 6.62. The van der Waals surface area contributed by atoms with Crippen molar-refractivity contribution in [3.05, 3.63) is 87.6 Å². The van der Waals surface area contributed by atoms with E-state index in [-0.39, 0.29) is 22.8 Å². The third-order valence-corrected chi connectivity index (χ3v) is 4.50. The Hall–Kier alpha value is -4.08. The maximum absolute atomic E-state index is 13.0. The Labute approximate surface area is 172 Å². The Kier molecular flexibility index (Phi) is 4.97. The predicted molar refractivity (Wildman–Crippen MR) is 109 cm³/mol. The number of rotatable bonds is 4. The third kappa shape index (κ3) is 4.13. The zero-order chi connectivity index (χ0) is 22.2. The van der Waals surface area contributed by atoms with E-state index >= 15 is 0 Å². The smallest absolute Gasteiger partial charge is 0.406 e. The number of alkyl halides is 3. The lowest BCUT2D eigenvalue weighted by atomic mass is 10.2. The molecule has 0 aliphatic rings. The van der Waals surface area contributed by atoms with Crippen LogP contribution in [0.25, 0.3) is 16.5 Å². The molecule has 31 heavy (non-hydrogen) atoms. The lowest BCUT2D eigenvalue weighted by molar-refractivity contribution is -0.274. The summed E-state index contributed by atoms with van der Waals surface area (Å²) >= 11 is 0. The average molecular weight is 428 g/mol. The van der Waals surface area contributed by atoms with Crippen molar-refractivity contribution in [1.82, 2.24) is 14.3 Å². The highest BCUT2D eigenvalue weighted by Crippen LogP contribution is 2.25. The van der Waals surface area contributed by atoms with E-state index in [0.29, 0.717) is 10.8 Å². The quantitative estimate of drug-likeness (QED) is 0.536. The van der Waals surface area contributed by atoms with E-state index in [4.69, 9.17) is 0 Å². The van der Waals surface area contributed by atoms with Crippen molar-refractivity contribution in [1.29, 1.82) is 0 Å². The van der Waals surface area contributed by atoms with Crippen LogP contribution in [0.5, 0.6) is 5.75 Å². The van der Waals surface area contributed by atoms with E-state index in [1.54, 1.807) is 49.6 Å². The van der Waals surface area contributed by atoms with Crippen molar-refractivity contribution in [3.8, 4) is 11.4 Å². The number of pyridine rings is 1. The van der Waals surface area contributed by atoms with Crippen LogP contribution < -0.4 is 21.2 Å². The molecule has 0 saturated carbocycles. The number of aromatic nitrogens is 3. The monoisotopic (exact) mass is 428 g/mol. The first-order chi connectivity index (χ1) is 14.7. The second kappa shape index (κ2) is 7.63. The predicted octanol–water partition coefficient (Wildman–Crippen LogP) is 3.73. The number of hydrogen-bond donors (Lipinski definition) is 1. The number of hydrogen-bond acceptors (Lipinski definition) is 5. The molecule has 0 atom stereocenters. The lowest BCUT2D eigenvalue weighted by Gasteiger charge is -2.13. The van der Waals surface area contributed by atoms with Gasteiger partial charge in [0.15, 0.2) is 5.82 Å². The van der Waals surface area contributed by atoms with Gasteiger partial charge in [-0.1, -0.05) is 18.2 Å². The number of nitrogens with zero attached hydrogens (tertiary/aromatic N) is 3. The average Bonchev–Trinajstić information content (AvgIpc) is 2.73. The van der Waals surface area contributed by atoms with Gasteiger partial charge in [-0.15, -0.1) is 18.3 Å². The van der Waals surface area contributed by atoms with E-state index in [1.165, 1.54) is 16.7 Å². The van der Waals surface area contributed by atoms with Crippen LogP contribution in [0, 0.1) is 0 Å². The van der Waals surface area contributed by atoms with Crippen LogP contribution in [0.15, 0.2) is 76.4 Å². The van der Waals surface area contributed by atoms with Crippen molar-refractivity contribution in [2.75, 3.05) is 5.32 Å². The normalized spacial score (nSPS) is 11.5. The van der Waals surface area contributed by atoms with Crippen LogP contribution in [-0.4, -0.2) is 20.7 Å². The lowest BCUT2D eigenvalue weighted by Crippen LogP contribution is -2.24. The standard InChI is InChI=1S/C21H15F3N4O3/c1-27-12-4-7-17(20(27)30)25-18-15-5-2-3-6-16(15)19(29)28(26-18)13-8-10-14(11-9-13)31-21(22,23)24/h2-12H,1H3,(H,25,26). The summed E-state index contributed by atoms with van der Waals surface area (Å²) in [6.45, 7) is 0. The molecule has 7 nitrogen and oxygen atoms in total. The van der Waals surface area contributed by atoms with Gasteiger partial charge in [0.1, 0.15) is 11.4 Å². The molecule has 4 aromatic rings. The molecular formula is C21H15F3N4O3. The molecule has 0 unspecified atom stereocenters. The first kappa shape index (κ1) is 20.2. The molecule has 0 aliphatic heterocycles. The molecule has 10 heteroatoms. The van der Waals surface area contributed by atoms with E-state index in [1.807, 2.05) is 0 Å². The van der Waals surface area contributed by atoms with Gasteiger partial charge in [-0.2, -0.15) is 4.68 Å². The van der Waals surface area contributed by atoms with Crippen LogP contribution in [0.2, 0.25) is 0 Å². The van der Waals surface area contributed by atoms with Gasteiger partial charge in [0.25, 0.3) is 11.1 Å². The van der Waals surface area contributed by atoms with Gasteiger partial charge in [-0.05, 0) is 42.5 Å². The topological polar surface area (TPSA) is 78.2 Å². The highest BCUT2D eigenvalue weighted by atomic mass is 19.4. The van der Waals surface area contributed by atoms with Crippen LogP contribution in [0.1, 0.15) is 0 Å². The minimum atomic E-state index is -4.82. The van der Waals surface area contributed by atoms with Crippen molar-refractivity contribution < 1.29 is 17.9 Å². The fourth-order valence-corrected chi connectivity index (χ4v) is 3.07. The summed E-state index contributed by atoms with van der Waals surface area (Å²) in [6.07, 6.45) is -3.22. The SMILES string of the molecule is Cn1cccc(Nc2nn(-c3ccc(OC(F)(F)F)cc3)c(=O)c3ccccc23)c1=O. The van der Waals surface area contributed by atoms with Crippen molar-refractivity contribution in [3.63, 3.8) is 0 Å². The molecule has 0 radical (unpaired) electrons. The number of aryl methyl sites for hydroxylation is 1. The first-order valence-corrected chi connectivity index (χ1v) is 9.04. The zero-order valence-electron chi connectivity index (χ0n) is 16.1. The van der Waals surface area contributed by atoms with E-state index in [9.17, 15) is 22.8 Å². The third-order valence-electron chi connectivity index (χ3n) is 4.50. The molecule has 0 aliphatic carbocycles. The molecule has 0 spiro atoms. The van der Waals surface area contributed by atoms with Crippen LogP contribution >= 0.6 is 0 Å². The second-order valence-electron chi connectivity index (χ2n) is 6.62. The first-order valence-electron chi connectivity index (χ1n) is 9.04. The molecule has 2 aromatic carbocycles. The highest BCUT2D eigenvalue weighted by Gasteiger charge is 2.31. The number of anilines is 2. The van der Waals surface area contributed by atoms with E-state index in [0.717, 1.165) is 16.8 Å². The Bertz CT molecular complexity index is 1380. The van der Waals surface area contributed by atoms with Crippen LogP contribution in [0.3, 0.4) is 0 Å². The minimum Gasteiger partial charge on any atom is -0.406 e. The molecule has 0 amide bonds. The van der Waals surface area contributed by atoms with Crippen molar-refractivity contribution in [2.45, 2.75) is 6.36 Å². The fourth-order valence-electron chi connectivity index (χ4n) is 3.07. The number of ether oxygens (including phenoxy) is 1. The summed E-state index contributed by atoms with van der Waals surface area (Å²) in [7, 11) is 1.60. The number of benzene rings is 2. The van der Waals surface area contributed by atoms with Crippen LogP contribution in [-0.2, 0) is 7.05 Å². The molecular weight excluding hydrogens is 413 g/mol. The molecule has 0 fully saturated rings. The molecule has 4 rings (SSSR count). The van der Waals surface area contributed by atoms with Gasteiger partial charge in [0.2, 0.25) is 0 Å². The Balaban J connectivity index is 1.83. The van der Waals surface area contributed by atoms with Gasteiger partial charge in [0.05, 0.1) is 11.1 Å². The maximum atomic E-state index is 13.0. The number of fused-ring (bicyclic) bond motifs is 1. The summed E-state index contributed by atoms with van der Waals surface area (Å²) in [5, 5.41) is 8.10. The maximum Gasteiger partial charge on any atom is 0.573 e. The minimum absolute atomic E-state index is 0.231. The Morgan fingerprint density at radius 3 is 2.26 bits per heavy atom. The van der Waals surface area contributed by atoms with Gasteiger partial charge in [-0.25, -0.2) is 0 Å². The van der Waals surface area contributed by atoms with Gasteiger partial charge < -0.3 is 14.6 Å². The Morgan fingerprint density at radius 2 is 1.58 bits per heavy atom. The Morgan fingerprint density at radius 1 is 0.903 bits per heavy atom. The van der Waals surface area contributed by atoms with Crippen molar-refractivity contribution in [2.24, 2.45) is 7.05 Å². The van der Waals surface area contributed by atoms with Crippen LogP contribution in [0.4, 0.5) is 24.7 Å². The zero-order valence-corrected chi connectivity index (χ0v) is 16.1. The molecule has 1 N–H and O–H groups in total. The highest BCUT2D eigenvalue weighted by molar-refractivity contribution is 5.92.